The van der Waals surface area contributed by atoms with E-state index in [0.717, 1.165) is 29.0 Å². The molecule has 2 aromatic rings. The smallest absolute Gasteiger partial charge is 0.268 e. The van der Waals surface area contributed by atoms with Crippen LogP contribution in [0.15, 0.2) is 30.3 Å². The van der Waals surface area contributed by atoms with Gasteiger partial charge in [-0.3, -0.25) is 4.79 Å². The largest absolute Gasteiger partial charge is 0.389 e. The number of aryl methyl sites for hydroxylation is 2. The van der Waals surface area contributed by atoms with Gasteiger partial charge in [0.25, 0.3) is 5.91 Å². The number of hydrogen-bond donors (Lipinski definition) is 1. The van der Waals surface area contributed by atoms with E-state index in [1.165, 1.54) is 16.9 Å². The predicted molar refractivity (Wildman–Crippen MR) is 91.4 cm³/mol. The highest BCUT2D eigenvalue weighted by molar-refractivity contribution is 7.80. The summed E-state index contributed by atoms with van der Waals surface area (Å²) >= 11 is 6.68. The number of thiophene rings is 1. The van der Waals surface area contributed by atoms with Crippen LogP contribution in [0.2, 0.25) is 0 Å². The zero-order valence-electron chi connectivity index (χ0n) is 11.8. The van der Waals surface area contributed by atoms with Crippen molar-refractivity contribution in [1.29, 1.82) is 0 Å². The van der Waals surface area contributed by atoms with Crippen molar-refractivity contribution in [2.45, 2.75) is 19.3 Å². The van der Waals surface area contributed by atoms with Gasteiger partial charge in [-0.2, -0.15) is 0 Å². The second-order valence-corrected chi connectivity index (χ2v) is 6.73. The normalized spacial score (nSPS) is 13.0. The van der Waals surface area contributed by atoms with E-state index in [2.05, 4.69) is 0 Å². The predicted octanol–water partition coefficient (Wildman–Crippen LogP) is 3.15. The molecule has 108 valence electrons. The maximum Gasteiger partial charge on any atom is 0.268 e. The minimum atomic E-state index is -0.00176. The lowest BCUT2D eigenvalue weighted by Crippen LogP contribution is -2.28. The molecule has 2 N–H and O–H groups in total. The Morgan fingerprint density at radius 3 is 2.81 bits per heavy atom. The van der Waals surface area contributed by atoms with E-state index in [1.807, 2.05) is 30.3 Å². The van der Waals surface area contributed by atoms with E-state index < -0.39 is 0 Å². The van der Waals surface area contributed by atoms with Gasteiger partial charge in [-0.25, -0.2) is 0 Å². The molecule has 1 aromatic heterocycles. The molecule has 0 aliphatic heterocycles. The van der Waals surface area contributed by atoms with Crippen molar-refractivity contribution in [2.24, 2.45) is 5.73 Å². The van der Waals surface area contributed by atoms with Crippen LogP contribution in [0, 0.1) is 0 Å². The molecule has 0 saturated carbocycles. The number of amides is 1. The first-order valence-electron chi connectivity index (χ1n) is 6.86. The summed E-state index contributed by atoms with van der Waals surface area (Å²) in [7, 11) is 1.77. The molecule has 1 aliphatic rings. The number of nitrogens with zero attached hydrogens (tertiary/aromatic N) is 1. The lowest BCUT2D eigenvalue weighted by molar-refractivity contribution is 0.0997. The SMILES string of the molecule is CN(C(=O)c1cc2c(s1)CCC2)c1ccccc1C(N)=S. The van der Waals surface area contributed by atoms with Crippen molar-refractivity contribution < 1.29 is 4.79 Å². The minimum absolute atomic E-state index is 0.00176. The fraction of sp³-hybridized carbons (Fsp3) is 0.250. The Kier molecular flexibility index (Phi) is 3.78. The Labute approximate surface area is 133 Å². The summed E-state index contributed by atoms with van der Waals surface area (Å²) in [6, 6.07) is 9.50. The highest BCUT2D eigenvalue weighted by Crippen LogP contribution is 2.32. The Morgan fingerprint density at radius 2 is 2.10 bits per heavy atom. The van der Waals surface area contributed by atoms with Crippen LogP contribution in [0.3, 0.4) is 0 Å². The van der Waals surface area contributed by atoms with Crippen LogP contribution in [-0.2, 0) is 12.8 Å². The Balaban J connectivity index is 1.92. The molecule has 0 radical (unpaired) electrons. The summed E-state index contributed by atoms with van der Waals surface area (Å²) in [4.78, 5) is 16.8. The monoisotopic (exact) mass is 316 g/mol. The van der Waals surface area contributed by atoms with Gasteiger partial charge < -0.3 is 10.6 Å². The molecule has 0 spiro atoms. The van der Waals surface area contributed by atoms with Gasteiger partial charge in [-0.1, -0.05) is 24.4 Å². The molecular weight excluding hydrogens is 300 g/mol. The third-order valence-corrected chi connectivity index (χ3v) is 5.24. The fourth-order valence-corrected chi connectivity index (χ4v) is 4.09. The van der Waals surface area contributed by atoms with Gasteiger partial charge in [0.1, 0.15) is 4.99 Å². The topological polar surface area (TPSA) is 46.3 Å². The number of para-hydroxylation sites is 1. The maximum absolute atomic E-state index is 12.7. The van der Waals surface area contributed by atoms with Crippen LogP contribution in [0.4, 0.5) is 5.69 Å². The van der Waals surface area contributed by atoms with Crippen molar-refractivity contribution in [3.63, 3.8) is 0 Å². The van der Waals surface area contributed by atoms with E-state index in [9.17, 15) is 4.79 Å². The van der Waals surface area contributed by atoms with Gasteiger partial charge in [0, 0.05) is 17.5 Å². The molecule has 3 rings (SSSR count). The summed E-state index contributed by atoms with van der Waals surface area (Å²) < 4.78 is 0. The summed E-state index contributed by atoms with van der Waals surface area (Å²) in [6.07, 6.45) is 3.39. The highest BCUT2D eigenvalue weighted by Gasteiger charge is 2.22. The minimum Gasteiger partial charge on any atom is -0.389 e. The van der Waals surface area contributed by atoms with Gasteiger partial charge in [-0.05, 0) is 43.0 Å². The van der Waals surface area contributed by atoms with Crippen molar-refractivity contribution in [3.05, 3.63) is 51.2 Å². The van der Waals surface area contributed by atoms with Gasteiger partial charge in [0.05, 0.1) is 10.6 Å². The van der Waals surface area contributed by atoms with E-state index in [0.29, 0.717) is 4.99 Å². The summed E-state index contributed by atoms with van der Waals surface area (Å²) in [5, 5.41) is 0. The summed E-state index contributed by atoms with van der Waals surface area (Å²) in [5.41, 5.74) is 8.56. The van der Waals surface area contributed by atoms with Crippen LogP contribution >= 0.6 is 23.6 Å². The van der Waals surface area contributed by atoms with Crippen molar-refractivity contribution in [1.82, 2.24) is 0 Å². The number of carbonyl (C=O) groups excluding carboxylic acids is 1. The summed E-state index contributed by atoms with van der Waals surface area (Å²) in [5.74, 6) is -0.00176. The molecule has 21 heavy (non-hydrogen) atoms. The van der Waals surface area contributed by atoms with Crippen molar-refractivity contribution in [2.75, 3.05) is 11.9 Å². The maximum atomic E-state index is 12.7. The van der Waals surface area contributed by atoms with Crippen molar-refractivity contribution in [3.8, 4) is 0 Å². The van der Waals surface area contributed by atoms with Gasteiger partial charge in [0.2, 0.25) is 0 Å². The van der Waals surface area contributed by atoms with Gasteiger partial charge in [-0.15, -0.1) is 11.3 Å². The number of nitrogens with two attached hydrogens (primary N) is 1. The highest BCUT2D eigenvalue weighted by atomic mass is 32.1. The van der Waals surface area contributed by atoms with Crippen LogP contribution in [0.25, 0.3) is 0 Å². The average molecular weight is 316 g/mol. The Hall–Kier alpha value is -1.72. The lowest BCUT2D eigenvalue weighted by Gasteiger charge is -2.19. The number of carbonyl (C=O) groups is 1. The number of benzene rings is 1. The Morgan fingerprint density at radius 1 is 1.33 bits per heavy atom. The molecule has 1 aliphatic carbocycles. The zero-order valence-corrected chi connectivity index (χ0v) is 13.4. The van der Waals surface area contributed by atoms with E-state index in [-0.39, 0.29) is 5.91 Å². The van der Waals surface area contributed by atoms with Gasteiger partial charge >= 0.3 is 0 Å². The molecule has 3 nitrogen and oxygen atoms in total. The second-order valence-electron chi connectivity index (χ2n) is 5.16. The number of thiocarbonyl (C=S) groups is 1. The molecule has 0 bridgehead atoms. The van der Waals surface area contributed by atoms with Crippen LogP contribution < -0.4 is 10.6 Å². The van der Waals surface area contributed by atoms with Crippen LogP contribution in [0.1, 0.15) is 32.1 Å². The van der Waals surface area contributed by atoms with E-state index >= 15 is 0 Å². The average Bonchev–Trinajstić information content (AvgIpc) is 3.06. The summed E-state index contributed by atoms with van der Waals surface area (Å²) in [6.45, 7) is 0. The van der Waals surface area contributed by atoms with Crippen molar-refractivity contribution >= 4 is 40.1 Å². The second kappa shape index (κ2) is 5.58. The number of hydrogen-bond acceptors (Lipinski definition) is 3. The van der Waals surface area contributed by atoms with Gasteiger partial charge in [0.15, 0.2) is 0 Å². The first-order valence-corrected chi connectivity index (χ1v) is 8.09. The third-order valence-electron chi connectivity index (χ3n) is 3.79. The number of rotatable bonds is 3. The van der Waals surface area contributed by atoms with E-state index in [1.54, 1.807) is 23.3 Å². The fourth-order valence-electron chi connectivity index (χ4n) is 2.68. The van der Waals surface area contributed by atoms with Crippen LogP contribution in [0.5, 0.6) is 0 Å². The molecule has 1 aromatic carbocycles. The molecular formula is C16H16N2OS2. The molecule has 0 saturated heterocycles. The molecule has 0 atom stereocenters. The lowest BCUT2D eigenvalue weighted by atomic mass is 10.1. The van der Waals surface area contributed by atoms with E-state index in [4.69, 9.17) is 18.0 Å². The quantitative estimate of drug-likeness (QED) is 0.885. The molecule has 5 heteroatoms. The number of fused-ring (bicyclic) bond motifs is 1. The first kappa shape index (κ1) is 14.2. The molecule has 1 heterocycles. The Bertz CT molecular complexity index is 699. The molecule has 0 unspecified atom stereocenters. The van der Waals surface area contributed by atoms with Crippen LogP contribution in [-0.4, -0.2) is 17.9 Å². The third kappa shape index (κ3) is 2.59. The molecule has 0 fully saturated rings. The zero-order chi connectivity index (χ0) is 15.0. The molecule has 1 amide bonds. The standard InChI is InChI=1S/C16H16N2OS2/c1-18(12-7-3-2-6-11(12)15(17)20)16(19)14-9-10-5-4-8-13(10)21-14/h2-3,6-7,9H,4-5,8H2,1H3,(H2,17,20). The number of anilines is 1. The first-order chi connectivity index (χ1) is 10.1.